The van der Waals surface area contributed by atoms with Crippen LogP contribution in [0.15, 0.2) is 12.4 Å². The largest absolute Gasteiger partial charge is 0.379 e. The first-order chi connectivity index (χ1) is 7.86. The fraction of sp³-hybridized carbons (Fsp3) is 0.750. The molecule has 0 amide bonds. The Morgan fingerprint density at radius 1 is 1.50 bits per heavy atom. The van der Waals surface area contributed by atoms with Gasteiger partial charge in [0.15, 0.2) is 0 Å². The Morgan fingerprint density at radius 3 is 3.00 bits per heavy atom. The summed E-state index contributed by atoms with van der Waals surface area (Å²) in [6.45, 7) is 6.93. The number of nitrogens with one attached hydrogen (secondary N) is 1. The van der Waals surface area contributed by atoms with Gasteiger partial charge in [0.1, 0.15) is 5.82 Å². The van der Waals surface area contributed by atoms with Crippen LogP contribution in [0.1, 0.15) is 18.7 Å². The first kappa shape index (κ1) is 11.6. The summed E-state index contributed by atoms with van der Waals surface area (Å²) in [7, 11) is 0. The summed E-state index contributed by atoms with van der Waals surface area (Å²) in [5.41, 5.74) is 0. The van der Waals surface area contributed by atoms with Crippen molar-refractivity contribution < 1.29 is 4.74 Å². The van der Waals surface area contributed by atoms with E-state index in [1.165, 1.54) is 12.8 Å². The Morgan fingerprint density at radius 2 is 2.31 bits per heavy atom. The van der Waals surface area contributed by atoms with Gasteiger partial charge in [-0.25, -0.2) is 4.98 Å². The molecule has 0 saturated carbocycles. The van der Waals surface area contributed by atoms with E-state index in [0.717, 1.165) is 44.6 Å². The minimum absolute atomic E-state index is 0.755. The third-order valence-electron chi connectivity index (χ3n) is 3.21. The van der Waals surface area contributed by atoms with Gasteiger partial charge in [0, 0.05) is 25.5 Å². The van der Waals surface area contributed by atoms with Gasteiger partial charge in [0.25, 0.3) is 0 Å². The summed E-state index contributed by atoms with van der Waals surface area (Å²) in [4.78, 5) is 4.18. The molecule has 1 aromatic heterocycles. The lowest BCUT2D eigenvalue weighted by molar-refractivity contribution is 0.0820. The van der Waals surface area contributed by atoms with Gasteiger partial charge in [-0.2, -0.15) is 0 Å². The number of ether oxygens (including phenoxy) is 1. The second-order valence-electron chi connectivity index (χ2n) is 4.44. The predicted molar refractivity (Wildman–Crippen MR) is 63.4 cm³/mol. The van der Waals surface area contributed by atoms with Gasteiger partial charge < -0.3 is 14.6 Å². The van der Waals surface area contributed by atoms with Crippen LogP contribution in [0.25, 0.3) is 0 Å². The van der Waals surface area contributed by atoms with Crippen LogP contribution in [0.5, 0.6) is 0 Å². The molecule has 1 saturated heterocycles. The summed E-state index contributed by atoms with van der Waals surface area (Å²) >= 11 is 0. The lowest BCUT2D eigenvalue weighted by Gasteiger charge is -2.22. The van der Waals surface area contributed by atoms with Crippen LogP contribution in [-0.4, -0.2) is 35.9 Å². The van der Waals surface area contributed by atoms with Gasteiger partial charge >= 0.3 is 0 Å². The zero-order valence-corrected chi connectivity index (χ0v) is 9.98. The molecule has 1 aliphatic heterocycles. The summed E-state index contributed by atoms with van der Waals surface area (Å²) in [5, 5.41) is 3.37. The highest BCUT2D eigenvalue weighted by atomic mass is 16.5. The van der Waals surface area contributed by atoms with Gasteiger partial charge in [0.2, 0.25) is 0 Å². The first-order valence-corrected chi connectivity index (χ1v) is 6.12. The third kappa shape index (κ3) is 3.32. The number of rotatable bonds is 5. The molecule has 0 aliphatic carbocycles. The van der Waals surface area contributed by atoms with Crippen LogP contribution in [0.3, 0.4) is 0 Å². The minimum atomic E-state index is 0.755. The van der Waals surface area contributed by atoms with Crippen molar-refractivity contribution >= 4 is 0 Å². The molecule has 1 fully saturated rings. The fourth-order valence-corrected chi connectivity index (χ4v) is 2.10. The highest BCUT2D eigenvalue weighted by Crippen LogP contribution is 2.11. The van der Waals surface area contributed by atoms with E-state index in [-0.39, 0.29) is 0 Å². The first-order valence-electron chi connectivity index (χ1n) is 6.12. The standard InChI is InChI=1S/C12H21N3O/c1-11-14-6-7-15(11)8-9-16-10-12-2-4-13-5-3-12/h6-7,12-13H,2-5,8-10H2,1H3. The fourth-order valence-electron chi connectivity index (χ4n) is 2.10. The van der Waals surface area contributed by atoms with Crippen LogP contribution >= 0.6 is 0 Å². The van der Waals surface area contributed by atoms with E-state index in [1.54, 1.807) is 0 Å². The lowest BCUT2D eigenvalue weighted by atomic mass is 9.99. The minimum Gasteiger partial charge on any atom is -0.379 e. The maximum atomic E-state index is 5.73. The number of hydrogen-bond donors (Lipinski definition) is 1. The smallest absolute Gasteiger partial charge is 0.105 e. The molecule has 0 radical (unpaired) electrons. The Balaban J connectivity index is 1.59. The van der Waals surface area contributed by atoms with Crippen molar-refractivity contribution in [1.82, 2.24) is 14.9 Å². The maximum absolute atomic E-state index is 5.73. The number of hydrogen-bond acceptors (Lipinski definition) is 3. The SMILES string of the molecule is Cc1nccn1CCOCC1CCNCC1. The topological polar surface area (TPSA) is 39.1 Å². The van der Waals surface area contributed by atoms with Gasteiger partial charge in [-0.1, -0.05) is 0 Å². The Labute approximate surface area is 97.0 Å². The van der Waals surface area contributed by atoms with E-state index in [1.807, 2.05) is 19.3 Å². The van der Waals surface area contributed by atoms with Crippen molar-refractivity contribution in [3.63, 3.8) is 0 Å². The van der Waals surface area contributed by atoms with E-state index in [0.29, 0.717) is 0 Å². The van der Waals surface area contributed by atoms with Crippen molar-refractivity contribution in [2.75, 3.05) is 26.3 Å². The second kappa shape index (κ2) is 6.01. The molecule has 0 bridgehead atoms. The molecular formula is C12H21N3O. The van der Waals surface area contributed by atoms with Gasteiger partial charge in [-0.15, -0.1) is 0 Å². The molecule has 1 aliphatic rings. The molecule has 2 heterocycles. The molecule has 16 heavy (non-hydrogen) atoms. The number of aryl methyl sites for hydroxylation is 1. The van der Waals surface area contributed by atoms with E-state index < -0.39 is 0 Å². The molecule has 4 nitrogen and oxygen atoms in total. The van der Waals surface area contributed by atoms with E-state index >= 15 is 0 Å². The van der Waals surface area contributed by atoms with Crippen LogP contribution in [0.4, 0.5) is 0 Å². The Kier molecular flexibility index (Phi) is 4.36. The van der Waals surface area contributed by atoms with Gasteiger partial charge in [-0.05, 0) is 38.8 Å². The van der Waals surface area contributed by atoms with E-state index in [2.05, 4.69) is 14.9 Å². The van der Waals surface area contributed by atoms with Crippen molar-refractivity contribution in [3.8, 4) is 0 Å². The zero-order chi connectivity index (χ0) is 11.2. The average Bonchev–Trinajstić information content (AvgIpc) is 2.72. The molecule has 0 spiro atoms. The van der Waals surface area contributed by atoms with Crippen molar-refractivity contribution in [1.29, 1.82) is 0 Å². The molecule has 4 heteroatoms. The van der Waals surface area contributed by atoms with Crippen LogP contribution in [-0.2, 0) is 11.3 Å². The number of nitrogens with zero attached hydrogens (tertiary/aromatic N) is 2. The molecule has 0 unspecified atom stereocenters. The van der Waals surface area contributed by atoms with E-state index in [4.69, 9.17) is 4.74 Å². The number of piperidine rings is 1. The van der Waals surface area contributed by atoms with Crippen LogP contribution < -0.4 is 5.32 Å². The zero-order valence-electron chi connectivity index (χ0n) is 9.98. The highest BCUT2D eigenvalue weighted by Gasteiger charge is 2.12. The third-order valence-corrected chi connectivity index (χ3v) is 3.21. The van der Waals surface area contributed by atoms with Crippen LogP contribution in [0, 0.1) is 12.8 Å². The van der Waals surface area contributed by atoms with E-state index in [9.17, 15) is 0 Å². The quantitative estimate of drug-likeness (QED) is 0.763. The van der Waals surface area contributed by atoms with Gasteiger partial charge in [-0.3, -0.25) is 0 Å². The number of aromatic nitrogens is 2. The molecule has 2 rings (SSSR count). The summed E-state index contributed by atoms with van der Waals surface area (Å²) in [5.74, 6) is 1.82. The molecule has 0 aromatic carbocycles. The maximum Gasteiger partial charge on any atom is 0.105 e. The van der Waals surface area contributed by atoms with Crippen LogP contribution in [0.2, 0.25) is 0 Å². The summed E-state index contributed by atoms with van der Waals surface area (Å²) in [6, 6.07) is 0. The highest BCUT2D eigenvalue weighted by molar-refractivity contribution is 4.87. The Bertz CT molecular complexity index is 305. The lowest BCUT2D eigenvalue weighted by Crippen LogP contribution is -2.30. The van der Waals surface area contributed by atoms with Crippen molar-refractivity contribution in [2.24, 2.45) is 5.92 Å². The molecule has 0 atom stereocenters. The van der Waals surface area contributed by atoms with Gasteiger partial charge in [0.05, 0.1) is 6.61 Å². The molecular weight excluding hydrogens is 202 g/mol. The summed E-state index contributed by atoms with van der Waals surface area (Å²) < 4.78 is 7.85. The molecule has 90 valence electrons. The predicted octanol–water partition coefficient (Wildman–Crippen LogP) is 1.21. The van der Waals surface area contributed by atoms with Crippen molar-refractivity contribution in [3.05, 3.63) is 18.2 Å². The molecule has 1 aromatic rings. The Hall–Kier alpha value is -0.870. The average molecular weight is 223 g/mol. The number of imidazole rings is 1. The van der Waals surface area contributed by atoms with Crippen molar-refractivity contribution in [2.45, 2.75) is 26.3 Å². The summed E-state index contributed by atoms with van der Waals surface area (Å²) in [6.07, 6.45) is 6.35. The normalized spacial score (nSPS) is 17.8. The monoisotopic (exact) mass is 223 g/mol. The second-order valence-corrected chi connectivity index (χ2v) is 4.44. The molecule has 1 N–H and O–H groups in total.